The average molecular weight is 491 g/mol. The topological polar surface area (TPSA) is 87.5 Å². The summed E-state index contributed by atoms with van der Waals surface area (Å²) >= 11 is 1.58. The molecule has 0 fully saturated rings. The summed E-state index contributed by atoms with van der Waals surface area (Å²) in [7, 11) is 4.72. The third-order valence-electron chi connectivity index (χ3n) is 5.26. The van der Waals surface area contributed by atoms with Gasteiger partial charge in [-0.3, -0.25) is 9.36 Å². The van der Waals surface area contributed by atoms with Crippen molar-refractivity contribution in [2.24, 2.45) is 0 Å². The minimum Gasteiger partial charge on any atom is -0.497 e. The van der Waals surface area contributed by atoms with Crippen molar-refractivity contribution in [1.82, 2.24) is 20.1 Å². The van der Waals surface area contributed by atoms with Gasteiger partial charge in [0.15, 0.2) is 11.0 Å². The van der Waals surface area contributed by atoms with E-state index in [0.29, 0.717) is 22.9 Å². The first-order chi connectivity index (χ1) is 17.1. The number of nitrogens with zero attached hydrogens (tertiary/aromatic N) is 3. The van der Waals surface area contributed by atoms with Crippen molar-refractivity contribution in [3.05, 3.63) is 89.7 Å². The van der Waals surface area contributed by atoms with E-state index in [-0.39, 0.29) is 12.5 Å². The van der Waals surface area contributed by atoms with E-state index in [4.69, 9.17) is 14.2 Å². The van der Waals surface area contributed by atoms with Gasteiger partial charge in [-0.15, -0.1) is 10.2 Å². The molecule has 0 radical (unpaired) electrons. The maximum atomic E-state index is 12.9. The van der Waals surface area contributed by atoms with Gasteiger partial charge in [0.2, 0.25) is 0 Å². The Morgan fingerprint density at radius 3 is 2.14 bits per heavy atom. The number of rotatable bonds is 10. The Morgan fingerprint density at radius 1 is 0.857 bits per heavy atom. The summed E-state index contributed by atoms with van der Waals surface area (Å²) in [5.74, 6) is 2.90. The van der Waals surface area contributed by atoms with Crippen LogP contribution in [0.3, 0.4) is 0 Å². The quantitative estimate of drug-likeness (QED) is 0.327. The fourth-order valence-corrected chi connectivity index (χ4v) is 4.35. The molecule has 0 unspecified atom stereocenters. The van der Waals surface area contributed by atoms with Crippen molar-refractivity contribution in [2.75, 3.05) is 21.3 Å². The van der Waals surface area contributed by atoms with Crippen LogP contribution in [0, 0.1) is 0 Å². The molecule has 1 amide bonds. The van der Waals surface area contributed by atoms with E-state index in [1.165, 1.54) is 5.56 Å². The molecule has 8 nitrogen and oxygen atoms in total. The second-order valence-corrected chi connectivity index (χ2v) is 8.43. The van der Waals surface area contributed by atoms with Crippen molar-refractivity contribution < 1.29 is 19.0 Å². The smallest absolute Gasteiger partial charge is 0.251 e. The number of hydrogen-bond donors (Lipinski definition) is 1. The van der Waals surface area contributed by atoms with E-state index in [2.05, 4.69) is 27.6 Å². The number of thioether (sulfide) groups is 1. The number of amides is 1. The lowest BCUT2D eigenvalue weighted by Crippen LogP contribution is -2.24. The SMILES string of the molecule is COc1ccc(-n2c(CNC(=O)c3cc(OC)cc(OC)c3)nnc2SCc2ccccc2)cc1. The molecule has 1 aromatic heterocycles. The average Bonchev–Trinajstić information content (AvgIpc) is 3.33. The van der Waals surface area contributed by atoms with Crippen molar-refractivity contribution in [1.29, 1.82) is 0 Å². The molecule has 0 spiro atoms. The Morgan fingerprint density at radius 2 is 1.51 bits per heavy atom. The number of nitrogens with one attached hydrogen (secondary N) is 1. The maximum Gasteiger partial charge on any atom is 0.251 e. The standard InChI is InChI=1S/C26H26N4O4S/c1-32-21-11-9-20(10-12-21)30-24(28-29-26(30)35-17-18-7-5-4-6-8-18)16-27-25(31)19-13-22(33-2)15-23(14-19)34-3/h4-15H,16-17H2,1-3H3,(H,27,31). The molecule has 35 heavy (non-hydrogen) atoms. The van der Waals surface area contributed by atoms with Crippen LogP contribution in [0.25, 0.3) is 5.69 Å². The molecule has 0 bridgehead atoms. The Kier molecular flexibility index (Phi) is 7.89. The van der Waals surface area contributed by atoms with E-state index < -0.39 is 0 Å². The molecule has 0 aliphatic carbocycles. The highest BCUT2D eigenvalue weighted by atomic mass is 32.2. The van der Waals surface area contributed by atoms with E-state index in [1.807, 2.05) is 47.0 Å². The predicted octanol–water partition coefficient (Wildman–Crippen LogP) is 4.52. The molecule has 9 heteroatoms. The highest BCUT2D eigenvalue weighted by Gasteiger charge is 2.17. The molecular formula is C26H26N4O4S. The summed E-state index contributed by atoms with van der Waals surface area (Å²) in [6.45, 7) is 0.184. The number of benzene rings is 3. The predicted molar refractivity (Wildman–Crippen MR) is 135 cm³/mol. The molecule has 1 heterocycles. The van der Waals surface area contributed by atoms with Crippen LogP contribution >= 0.6 is 11.8 Å². The molecule has 1 N–H and O–H groups in total. The first kappa shape index (κ1) is 24.2. The number of methoxy groups -OCH3 is 3. The summed E-state index contributed by atoms with van der Waals surface area (Å²) in [6, 6.07) is 22.8. The molecule has 4 rings (SSSR count). The number of carbonyl (C=O) groups excluding carboxylic acids is 1. The molecular weight excluding hydrogens is 464 g/mol. The number of ether oxygens (including phenoxy) is 3. The van der Waals surface area contributed by atoms with Gasteiger partial charge >= 0.3 is 0 Å². The summed E-state index contributed by atoms with van der Waals surface area (Å²) in [5.41, 5.74) is 2.48. The minimum absolute atomic E-state index is 0.184. The maximum absolute atomic E-state index is 12.9. The monoisotopic (exact) mass is 490 g/mol. The van der Waals surface area contributed by atoms with Gasteiger partial charge in [0.25, 0.3) is 5.91 Å². The zero-order valence-corrected chi connectivity index (χ0v) is 20.5. The molecule has 0 atom stereocenters. The zero-order valence-electron chi connectivity index (χ0n) is 19.7. The van der Waals surface area contributed by atoms with Crippen LogP contribution in [0.2, 0.25) is 0 Å². The van der Waals surface area contributed by atoms with Crippen LogP contribution in [0.4, 0.5) is 0 Å². The lowest BCUT2D eigenvalue weighted by Gasteiger charge is -2.12. The molecule has 0 aliphatic heterocycles. The van der Waals surface area contributed by atoms with Gasteiger partial charge in [0.05, 0.1) is 27.9 Å². The van der Waals surface area contributed by atoms with Crippen LogP contribution in [0.5, 0.6) is 17.2 Å². The van der Waals surface area contributed by atoms with Gasteiger partial charge in [-0.05, 0) is 42.0 Å². The highest BCUT2D eigenvalue weighted by Crippen LogP contribution is 2.27. The summed E-state index contributed by atoms with van der Waals surface area (Å²) in [5, 5.41) is 12.4. The second kappa shape index (κ2) is 11.4. The van der Waals surface area contributed by atoms with Gasteiger partial charge in [0.1, 0.15) is 17.2 Å². The second-order valence-electron chi connectivity index (χ2n) is 7.49. The van der Waals surface area contributed by atoms with Crippen molar-refractivity contribution in [3.8, 4) is 22.9 Å². The Labute approximate surface area is 208 Å². The first-order valence-corrected chi connectivity index (χ1v) is 11.9. The molecule has 0 aliphatic rings. The number of aromatic nitrogens is 3. The van der Waals surface area contributed by atoms with Gasteiger partial charge in [0, 0.05) is 23.1 Å². The largest absolute Gasteiger partial charge is 0.497 e. The van der Waals surface area contributed by atoms with Crippen LogP contribution in [0.1, 0.15) is 21.7 Å². The Bertz CT molecular complexity index is 1250. The molecule has 3 aromatic carbocycles. The Balaban J connectivity index is 1.57. The summed E-state index contributed by atoms with van der Waals surface area (Å²) < 4.78 is 17.8. The van der Waals surface area contributed by atoms with Crippen molar-refractivity contribution in [3.63, 3.8) is 0 Å². The Hall–Kier alpha value is -3.98. The van der Waals surface area contributed by atoms with E-state index in [0.717, 1.165) is 22.3 Å². The van der Waals surface area contributed by atoms with Crippen molar-refractivity contribution in [2.45, 2.75) is 17.5 Å². The van der Waals surface area contributed by atoms with E-state index in [9.17, 15) is 4.79 Å². The van der Waals surface area contributed by atoms with Crippen LogP contribution in [-0.2, 0) is 12.3 Å². The molecule has 4 aromatic rings. The van der Waals surface area contributed by atoms with Gasteiger partial charge < -0.3 is 19.5 Å². The first-order valence-electron chi connectivity index (χ1n) is 10.9. The highest BCUT2D eigenvalue weighted by molar-refractivity contribution is 7.98. The van der Waals surface area contributed by atoms with E-state index in [1.54, 1.807) is 51.3 Å². The fourth-order valence-electron chi connectivity index (χ4n) is 3.42. The third kappa shape index (κ3) is 5.93. The third-order valence-corrected chi connectivity index (χ3v) is 6.26. The molecule has 0 saturated heterocycles. The van der Waals surface area contributed by atoms with Crippen LogP contribution in [-0.4, -0.2) is 42.0 Å². The zero-order chi connectivity index (χ0) is 24.6. The molecule has 180 valence electrons. The van der Waals surface area contributed by atoms with E-state index >= 15 is 0 Å². The van der Waals surface area contributed by atoms with Crippen LogP contribution in [0.15, 0.2) is 78.0 Å². The molecule has 0 saturated carbocycles. The number of hydrogen-bond acceptors (Lipinski definition) is 7. The lowest BCUT2D eigenvalue weighted by atomic mass is 10.2. The minimum atomic E-state index is -0.273. The van der Waals surface area contributed by atoms with Crippen molar-refractivity contribution >= 4 is 17.7 Å². The van der Waals surface area contributed by atoms with Gasteiger partial charge in [-0.2, -0.15) is 0 Å². The van der Waals surface area contributed by atoms with Crippen LogP contribution < -0.4 is 19.5 Å². The summed E-state index contributed by atoms with van der Waals surface area (Å²) in [6.07, 6.45) is 0. The van der Waals surface area contributed by atoms with Gasteiger partial charge in [-0.25, -0.2) is 0 Å². The number of carbonyl (C=O) groups is 1. The van der Waals surface area contributed by atoms with Gasteiger partial charge in [-0.1, -0.05) is 42.1 Å². The fraction of sp³-hybridized carbons (Fsp3) is 0.192. The normalized spacial score (nSPS) is 10.6. The lowest BCUT2D eigenvalue weighted by molar-refractivity contribution is 0.0949. The summed E-state index contributed by atoms with van der Waals surface area (Å²) in [4.78, 5) is 12.9.